The number of carboxylic acid groups (broad SMARTS) is 1. The molecule has 5 heteroatoms. The molecule has 1 aliphatic carbocycles. The third-order valence-electron chi connectivity index (χ3n) is 3.47. The largest absolute Gasteiger partial charge is 0.480 e. The molecule has 1 fully saturated rings. The number of carbonyl (C=O) groups is 1. The number of hydrogen-bond acceptors (Lipinski definition) is 3. The van der Waals surface area contributed by atoms with Gasteiger partial charge < -0.3 is 5.11 Å². The van der Waals surface area contributed by atoms with Crippen LogP contribution in [0, 0.1) is 5.92 Å². The van der Waals surface area contributed by atoms with Crippen LogP contribution in [-0.2, 0) is 14.6 Å². The first-order valence-electron chi connectivity index (χ1n) is 5.85. The topological polar surface area (TPSA) is 71.4 Å². The van der Waals surface area contributed by atoms with Crippen LogP contribution in [-0.4, -0.2) is 30.0 Å². The molecular weight excluding hydrogens is 228 g/mol. The molecule has 0 radical (unpaired) electrons. The Hall–Kier alpha value is -0.580. The van der Waals surface area contributed by atoms with Crippen LogP contribution in [0.15, 0.2) is 0 Å². The fraction of sp³-hybridized carbons (Fsp3) is 0.909. The highest BCUT2D eigenvalue weighted by molar-refractivity contribution is 7.93. The molecule has 1 N–H and O–H groups in total. The van der Waals surface area contributed by atoms with Gasteiger partial charge in [0.1, 0.15) is 0 Å². The predicted molar refractivity (Wildman–Crippen MR) is 62.1 cm³/mol. The molecule has 1 atom stereocenters. The van der Waals surface area contributed by atoms with Crippen molar-refractivity contribution in [3.63, 3.8) is 0 Å². The zero-order valence-electron chi connectivity index (χ0n) is 9.85. The lowest BCUT2D eigenvalue weighted by Gasteiger charge is -2.27. The van der Waals surface area contributed by atoms with E-state index in [1.165, 1.54) is 0 Å². The average molecular weight is 248 g/mol. The molecule has 0 aromatic rings. The van der Waals surface area contributed by atoms with Crippen LogP contribution in [0.3, 0.4) is 0 Å². The number of carboxylic acids is 1. The van der Waals surface area contributed by atoms with Gasteiger partial charge >= 0.3 is 5.97 Å². The molecule has 94 valence electrons. The summed E-state index contributed by atoms with van der Waals surface area (Å²) in [5.41, 5.74) is 0. The molecule has 1 unspecified atom stereocenters. The Balaban J connectivity index is 2.81. The normalized spacial score (nSPS) is 28.6. The molecule has 1 saturated carbocycles. The van der Waals surface area contributed by atoms with Crippen LogP contribution >= 0.6 is 0 Å². The summed E-state index contributed by atoms with van der Waals surface area (Å²) in [4.78, 5) is 10.9. The second-order valence-electron chi connectivity index (χ2n) is 4.71. The minimum absolute atomic E-state index is 0.156. The van der Waals surface area contributed by atoms with Crippen LogP contribution in [0.25, 0.3) is 0 Å². The molecule has 0 saturated heterocycles. The van der Waals surface area contributed by atoms with Crippen molar-refractivity contribution in [1.29, 1.82) is 0 Å². The third kappa shape index (κ3) is 2.75. The summed E-state index contributed by atoms with van der Waals surface area (Å²) < 4.78 is 24.2. The van der Waals surface area contributed by atoms with Gasteiger partial charge in [-0.2, -0.15) is 0 Å². The molecule has 16 heavy (non-hydrogen) atoms. The van der Waals surface area contributed by atoms with Crippen molar-refractivity contribution in [3.05, 3.63) is 0 Å². The summed E-state index contributed by atoms with van der Waals surface area (Å²) in [5, 5.41) is 7.26. The smallest absolute Gasteiger partial charge is 0.321 e. The summed E-state index contributed by atoms with van der Waals surface area (Å²) in [6, 6.07) is 0. The molecule has 0 spiro atoms. The Labute approximate surface area is 97.0 Å². The maximum absolute atomic E-state index is 12.1. The van der Waals surface area contributed by atoms with E-state index in [0.717, 1.165) is 12.8 Å². The lowest BCUT2D eigenvalue weighted by molar-refractivity contribution is -0.136. The van der Waals surface area contributed by atoms with Gasteiger partial charge in [0.2, 0.25) is 0 Å². The second kappa shape index (κ2) is 5.17. The molecule has 0 amide bonds. The van der Waals surface area contributed by atoms with Crippen LogP contribution in [0.4, 0.5) is 0 Å². The quantitative estimate of drug-likeness (QED) is 0.824. The maximum Gasteiger partial charge on any atom is 0.321 e. The first-order valence-corrected chi connectivity index (χ1v) is 7.46. The fourth-order valence-corrected chi connectivity index (χ4v) is 4.48. The summed E-state index contributed by atoms with van der Waals surface area (Å²) in [7, 11) is -3.50. The van der Waals surface area contributed by atoms with E-state index < -0.39 is 26.3 Å². The number of hydrogen-bond donors (Lipinski definition) is 1. The van der Waals surface area contributed by atoms with Crippen molar-refractivity contribution in [2.75, 3.05) is 0 Å². The first-order chi connectivity index (χ1) is 7.39. The van der Waals surface area contributed by atoms with Gasteiger partial charge in [-0.1, -0.05) is 13.8 Å². The molecule has 0 aliphatic heterocycles. The van der Waals surface area contributed by atoms with E-state index in [2.05, 4.69) is 6.92 Å². The zero-order valence-corrected chi connectivity index (χ0v) is 10.7. The summed E-state index contributed by atoms with van der Waals surface area (Å²) in [6.45, 7) is 3.72. The Morgan fingerprint density at radius 3 is 2.19 bits per heavy atom. The summed E-state index contributed by atoms with van der Waals surface area (Å²) in [6.07, 6.45) is 3.17. The lowest BCUT2D eigenvalue weighted by Crippen LogP contribution is -2.38. The van der Waals surface area contributed by atoms with Crippen molar-refractivity contribution >= 4 is 15.8 Å². The van der Waals surface area contributed by atoms with Crippen molar-refractivity contribution in [3.8, 4) is 0 Å². The van der Waals surface area contributed by atoms with Gasteiger partial charge in [-0.15, -0.1) is 0 Å². The van der Waals surface area contributed by atoms with E-state index in [1.807, 2.05) is 0 Å². The molecule has 0 aromatic carbocycles. The van der Waals surface area contributed by atoms with E-state index in [0.29, 0.717) is 18.8 Å². The monoisotopic (exact) mass is 248 g/mol. The highest BCUT2D eigenvalue weighted by atomic mass is 32.2. The van der Waals surface area contributed by atoms with Gasteiger partial charge in [-0.3, -0.25) is 4.79 Å². The summed E-state index contributed by atoms with van der Waals surface area (Å²) in [5.74, 6) is -0.641. The Bertz CT molecular complexity index is 339. The van der Waals surface area contributed by atoms with Crippen LogP contribution in [0.1, 0.15) is 46.0 Å². The predicted octanol–water partition coefficient (Wildman–Crippen LogP) is 1.84. The third-order valence-corrected chi connectivity index (χ3v) is 6.20. The Morgan fingerprint density at radius 1 is 1.31 bits per heavy atom. The van der Waals surface area contributed by atoms with E-state index in [9.17, 15) is 13.2 Å². The minimum Gasteiger partial charge on any atom is -0.480 e. The van der Waals surface area contributed by atoms with E-state index in [1.54, 1.807) is 6.92 Å². The van der Waals surface area contributed by atoms with E-state index in [-0.39, 0.29) is 6.42 Å². The Kier molecular flexibility index (Phi) is 4.35. The van der Waals surface area contributed by atoms with Crippen LogP contribution in [0.5, 0.6) is 0 Å². The van der Waals surface area contributed by atoms with Gasteiger partial charge in [-0.25, -0.2) is 8.42 Å². The fourth-order valence-electron chi connectivity index (χ4n) is 2.34. The van der Waals surface area contributed by atoms with Gasteiger partial charge in [0, 0.05) is 0 Å². The maximum atomic E-state index is 12.1. The molecule has 0 heterocycles. The van der Waals surface area contributed by atoms with Gasteiger partial charge in [-0.05, 0) is 38.0 Å². The Morgan fingerprint density at radius 2 is 1.81 bits per heavy atom. The number of sulfone groups is 1. The first kappa shape index (κ1) is 13.5. The molecule has 1 rings (SSSR count). The molecule has 1 aliphatic rings. The molecular formula is C11H20O4S. The second-order valence-corrected chi connectivity index (χ2v) is 7.12. The average Bonchev–Trinajstić information content (AvgIpc) is 2.18. The van der Waals surface area contributed by atoms with Crippen molar-refractivity contribution in [2.45, 2.75) is 56.5 Å². The van der Waals surface area contributed by atoms with E-state index >= 15 is 0 Å². The van der Waals surface area contributed by atoms with Crippen molar-refractivity contribution in [2.24, 2.45) is 5.92 Å². The molecule has 0 bridgehead atoms. The van der Waals surface area contributed by atoms with Crippen LogP contribution in [0.2, 0.25) is 0 Å². The van der Waals surface area contributed by atoms with E-state index in [4.69, 9.17) is 5.11 Å². The standard InChI is InChI=1S/C11H20O4S/c1-3-10(11(12)13)16(14,15)9-6-4-8(2)5-7-9/h8-10H,3-7H2,1-2H3,(H,12,13). The zero-order chi connectivity index (χ0) is 12.3. The lowest BCUT2D eigenvalue weighted by atomic mass is 9.91. The minimum atomic E-state index is -3.50. The SMILES string of the molecule is CCC(C(=O)O)S(=O)(=O)C1CCC(C)CC1. The molecule has 0 aromatic heterocycles. The van der Waals surface area contributed by atoms with Crippen molar-refractivity contribution < 1.29 is 18.3 Å². The van der Waals surface area contributed by atoms with Gasteiger partial charge in [0.15, 0.2) is 15.1 Å². The highest BCUT2D eigenvalue weighted by Gasteiger charge is 2.38. The summed E-state index contributed by atoms with van der Waals surface area (Å²) >= 11 is 0. The number of aliphatic carboxylic acids is 1. The highest BCUT2D eigenvalue weighted by Crippen LogP contribution is 2.30. The van der Waals surface area contributed by atoms with Crippen molar-refractivity contribution in [1.82, 2.24) is 0 Å². The van der Waals surface area contributed by atoms with Gasteiger partial charge in [0.25, 0.3) is 0 Å². The number of rotatable bonds is 4. The van der Waals surface area contributed by atoms with Gasteiger partial charge in [0.05, 0.1) is 5.25 Å². The van der Waals surface area contributed by atoms with Crippen LogP contribution < -0.4 is 0 Å². The molecule has 4 nitrogen and oxygen atoms in total.